The molecule has 0 atom stereocenters. The average molecular weight is 526 g/mol. The highest BCUT2D eigenvalue weighted by Gasteiger charge is 2.07. The molecule has 0 fully saturated rings. The highest BCUT2D eigenvalue weighted by Crippen LogP contribution is 2.27. The van der Waals surface area contributed by atoms with Gasteiger partial charge in [-0.3, -0.25) is 4.79 Å². The number of nitrogens with zero attached hydrogens (tertiary/aromatic N) is 2. The van der Waals surface area contributed by atoms with Gasteiger partial charge in [-0.25, -0.2) is 4.99 Å². The Kier molecular flexibility index (Phi) is 11.7. The third kappa shape index (κ3) is 8.48. The Bertz CT molecular complexity index is 813. The summed E-state index contributed by atoms with van der Waals surface area (Å²) in [6.45, 7) is 1.37. The van der Waals surface area contributed by atoms with E-state index in [1.165, 1.54) is 0 Å². The SMILES string of the molecule is COc1ccc(CCNC(=NCc2ccccc2)NCC(=O)N(C)C)cc1OC.I. The number of ether oxygens (including phenoxy) is 2. The summed E-state index contributed by atoms with van der Waals surface area (Å²) >= 11 is 0. The predicted octanol–water partition coefficient (Wildman–Crippen LogP) is 2.69. The van der Waals surface area contributed by atoms with Crippen LogP contribution in [0.4, 0.5) is 0 Å². The Labute approximate surface area is 195 Å². The first-order valence-electron chi connectivity index (χ1n) is 9.50. The Hall–Kier alpha value is -2.49. The first-order valence-corrected chi connectivity index (χ1v) is 9.50. The molecule has 0 aromatic heterocycles. The molecular weight excluding hydrogens is 495 g/mol. The van der Waals surface area contributed by atoms with Crippen molar-refractivity contribution in [2.45, 2.75) is 13.0 Å². The van der Waals surface area contributed by atoms with Gasteiger partial charge in [-0.1, -0.05) is 36.4 Å². The highest BCUT2D eigenvalue weighted by atomic mass is 127. The van der Waals surface area contributed by atoms with Gasteiger partial charge in [0, 0.05) is 20.6 Å². The van der Waals surface area contributed by atoms with Crippen molar-refractivity contribution in [3.8, 4) is 11.5 Å². The Morgan fingerprint density at radius 1 is 0.967 bits per heavy atom. The second-order valence-electron chi connectivity index (χ2n) is 6.66. The molecule has 2 rings (SSSR count). The van der Waals surface area contributed by atoms with E-state index in [2.05, 4.69) is 15.6 Å². The normalized spacial score (nSPS) is 10.6. The van der Waals surface area contributed by atoms with Crippen LogP contribution in [0.2, 0.25) is 0 Å². The van der Waals surface area contributed by atoms with Gasteiger partial charge in [0.15, 0.2) is 17.5 Å². The molecule has 0 heterocycles. The molecule has 0 aliphatic rings. The molecule has 2 N–H and O–H groups in total. The maximum Gasteiger partial charge on any atom is 0.241 e. The van der Waals surface area contributed by atoms with E-state index in [1.54, 1.807) is 33.2 Å². The summed E-state index contributed by atoms with van der Waals surface area (Å²) in [5.74, 6) is 2.00. The molecular formula is C22H31IN4O3. The molecule has 0 bridgehead atoms. The Morgan fingerprint density at radius 3 is 2.30 bits per heavy atom. The molecule has 7 nitrogen and oxygen atoms in total. The fourth-order valence-corrected chi connectivity index (χ4v) is 2.61. The van der Waals surface area contributed by atoms with E-state index in [9.17, 15) is 4.79 Å². The van der Waals surface area contributed by atoms with E-state index in [4.69, 9.17) is 9.47 Å². The zero-order valence-electron chi connectivity index (χ0n) is 18.0. The number of methoxy groups -OCH3 is 2. The van der Waals surface area contributed by atoms with Gasteiger partial charge < -0.3 is 25.0 Å². The van der Waals surface area contributed by atoms with Gasteiger partial charge in [-0.15, -0.1) is 24.0 Å². The Balaban J connectivity index is 0.00000450. The van der Waals surface area contributed by atoms with Crippen molar-refractivity contribution in [3.63, 3.8) is 0 Å². The maximum absolute atomic E-state index is 11.9. The van der Waals surface area contributed by atoms with Crippen LogP contribution >= 0.6 is 24.0 Å². The van der Waals surface area contributed by atoms with E-state index in [1.807, 2.05) is 48.5 Å². The summed E-state index contributed by atoms with van der Waals surface area (Å²) in [4.78, 5) is 18.0. The van der Waals surface area contributed by atoms with Gasteiger partial charge in [0.2, 0.25) is 5.91 Å². The maximum atomic E-state index is 11.9. The number of aliphatic imine (C=N–C) groups is 1. The fourth-order valence-electron chi connectivity index (χ4n) is 2.61. The van der Waals surface area contributed by atoms with Crippen LogP contribution in [0, 0.1) is 0 Å². The van der Waals surface area contributed by atoms with Gasteiger partial charge in [0.05, 0.1) is 27.3 Å². The summed E-state index contributed by atoms with van der Waals surface area (Å²) in [7, 11) is 6.71. The lowest BCUT2D eigenvalue weighted by atomic mass is 10.1. The van der Waals surface area contributed by atoms with Crippen molar-refractivity contribution in [1.29, 1.82) is 0 Å². The van der Waals surface area contributed by atoms with E-state index < -0.39 is 0 Å². The fraction of sp³-hybridized carbons (Fsp3) is 0.364. The molecule has 0 spiro atoms. The van der Waals surface area contributed by atoms with E-state index in [0.29, 0.717) is 30.5 Å². The van der Waals surface area contributed by atoms with Crippen LogP contribution in [-0.4, -0.2) is 58.2 Å². The van der Waals surface area contributed by atoms with Crippen molar-refractivity contribution >= 4 is 35.8 Å². The number of amides is 1. The van der Waals surface area contributed by atoms with Crippen LogP contribution < -0.4 is 20.1 Å². The summed E-state index contributed by atoms with van der Waals surface area (Å²) in [5.41, 5.74) is 2.22. The number of hydrogen-bond donors (Lipinski definition) is 2. The van der Waals surface area contributed by atoms with Crippen molar-refractivity contribution in [2.24, 2.45) is 4.99 Å². The average Bonchev–Trinajstić information content (AvgIpc) is 2.75. The number of guanidine groups is 1. The molecule has 0 aliphatic heterocycles. The number of likely N-dealkylation sites (N-methyl/N-ethyl adjacent to an activating group) is 1. The number of nitrogens with one attached hydrogen (secondary N) is 2. The largest absolute Gasteiger partial charge is 0.493 e. The lowest BCUT2D eigenvalue weighted by Crippen LogP contribution is -2.43. The number of benzene rings is 2. The molecule has 0 aliphatic carbocycles. The number of carbonyl (C=O) groups is 1. The second kappa shape index (κ2) is 13.7. The predicted molar refractivity (Wildman–Crippen MR) is 131 cm³/mol. The smallest absolute Gasteiger partial charge is 0.241 e. The molecule has 0 saturated heterocycles. The van der Waals surface area contributed by atoms with E-state index in [-0.39, 0.29) is 36.4 Å². The van der Waals surface area contributed by atoms with Crippen molar-refractivity contribution in [1.82, 2.24) is 15.5 Å². The molecule has 30 heavy (non-hydrogen) atoms. The number of halogens is 1. The minimum Gasteiger partial charge on any atom is -0.493 e. The molecule has 0 saturated carbocycles. The first kappa shape index (κ1) is 25.5. The zero-order valence-corrected chi connectivity index (χ0v) is 20.3. The quantitative estimate of drug-likeness (QED) is 0.299. The first-order chi connectivity index (χ1) is 14.0. The Morgan fingerprint density at radius 2 is 1.67 bits per heavy atom. The summed E-state index contributed by atoms with van der Waals surface area (Å²) < 4.78 is 10.6. The van der Waals surface area contributed by atoms with Crippen LogP contribution in [0.5, 0.6) is 11.5 Å². The molecule has 1 amide bonds. The van der Waals surface area contributed by atoms with Gasteiger partial charge in [-0.05, 0) is 29.7 Å². The molecule has 2 aromatic carbocycles. The zero-order chi connectivity index (χ0) is 21.1. The minimum absolute atomic E-state index is 0. The summed E-state index contributed by atoms with van der Waals surface area (Å²) in [5, 5.41) is 6.40. The molecule has 8 heteroatoms. The van der Waals surface area contributed by atoms with Crippen LogP contribution in [0.15, 0.2) is 53.5 Å². The van der Waals surface area contributed by atoms with Crippen molar-refractivity contribution in [3.05, 3.63) is 59.7 Å². The van der Waals surface area contributed by atoms with Crippen LogP contribution in [-0.2, 0) is 17.8 Å². The van der Waals surface area contributed by atoms with Gasteiger partial charge in [-0.2, -0.15) is 0 Å². The van der Waals surface area contributed by atoms with Gasteiger partial charge in [0.25, 0.3) is 0 Å². The van der Waals surface area contributed by atoms with Gasteiger partial charge >= 0.3 is 0 Å². The number of rotatable bonds is 9. The van der Waals surface area contributed by atoms with E-state index in [0.717, 1.165) is 17.5 Å². The molecule has 164 valence electrons. The monoisotopic (exact) mass is 526 g/mol. The van der Waals surface area contributed by atoms with Crippen molar-refractivity contribution in [2.75, 3.05) is 41.4 Å². The molecule has 2 aromatic rings. The third-order valence-electron chi connectivity index (χ3n) is 4.32. The number of hydrogen-bond acceptors (Lipinski definition) is 4. The van der Waals surface area contributed by atoms with Crippen LogP contribution in [0.3, 0.4) is 0 Å². The third-order valence-corrected chi connectivity index (χ3v) is 4.32. The second-order valence-corrected chi connectivity index (χ2v) is 6.66. The highest BCUT2D eigenvalue weighted by molar-refractivity contribution is 14.0. The minimum atomic E-state index is -0.0147. The number of carbonyl (C=O) groups excluding carboxylic acids is 1. The molecule has 0 unspecified atom stereocenters. The van der Waals surface area contributed by atoms with Crippen molar-refractivity contribution < 1.29 is 14.3 Å². The molecule has 0 radical (unpaired) electrons. The lowest BCUT2D eigenvalue weighted by molar-refractivity contribution is -0.127. The standard InChI is InChI=1S/C22H30N4O3.HI/c1-26(2)21(27)16-25-22(24-15-18-8-6-5-7-9-18)23-13-12-17-10-11-19(28-3)20(14-17)29-4;/h5-11,14H,12-13,15-16H2,1-4H3,(H2,23,24,25);1H. The summed E-state index contributed by atoms with van der Waals surface area (Å²) in [6, 6.07) is 15.9. The topological polar surface area (TPSA) is 75.2 Å². The van der Waals surface area contributed by atoms with Crippen LogP contribution in [0.1, 0.15) is 11.1 Å². The summed E-state index contributed by atoms with van der Waals surface area (Å²) in [6.07, 6.45) is 0.772. The van der Waals surface area contributed by atoms with Crippen LogP contribution in [0.25, 0.3) is 0 Å². The van der Waals surface area contributed by atoms with E-state index >= 15 is 0 Å². The lowest BCUT2D eigenvalue weighted by Gasteiger charge is -2.15. The van der Waals surface area contributed by atoms with Gasteiger partial charge in [0.1, 0.15) is 0 Å².